The molecule has 0 fully saturated rings. The van der Waals surface area contributed by atoms with Crippen molar-refractivity contribution in [2.24, 2.45) is 5.84 Å². The van der Waals surface area contributed by atoms with Gasteiger partial charge in [0.25, 0.3) is 0 Å². The third kappa shape index (κ3) is 3.51. The Bertz CT molecular complexity index is 672. The second-order valence-electron chi connectivity index (χ2n) is 3.55. The SMILES string of the molecule is NNc1ccncc1S(=O)(=O)NCc1ccc(Br)s1. The number of anilines is 1. The van der Waals surface area contributed by atoms with Crippen LogP contribution < -0.4 is 16.0 Å². The third-order valence-corrected chi connectivity index (χ3v) is 5.35. The quantitative estimate of drug-likeness (QED) is 0.555. The minimum atomic E-state index is -3.66. The van der Waals surface area contributed by atoms with Crippen LogP contribution in [0.4, 0.5) is 5.69 Å². The lowest BCUT2D eigenvalue weighted by atomic mass is 10.4. The van der Waals surface area contributed by atoms with E-state index in [0.717, 1.165) is 8.66 Å². The molecule has 2 heterocycles. The lowest BCUT2D eigenvalue weighted by molar-refractivity contribution is 0.581. The van der Waals surface area contributed by atoms with Crippen molar-refractivity contribution in [3.63, 3.8) is 0 Å². The first-order valence-corrected chi connectivity index (χ1v) is 8.27. The zero-order valence-corrected chi connectivity index (χ0v) is 12.8. The molecule has 0 radical (unpaired) electrons. The first-order valence-electron chi connectivity index (χ1n) is 5.17. The normalized spacial score (nSPS) is 11.5. The molecule has 0 spiro atoms. The highest BCUT2D eigenvalue weighted by Gasteiger charge is 2.18. The second-order valence-corrected chi connectivity index (χ2v) is 7.83. The van der Waals surface area contributed by atoms with Crippen LogP contribution in [-0.2, 0) is 16.6 Å². The molecule has 19 heavy (non-hydrogen) atoms. The van der Waals surface area contributed by atoms with Gasteiger partial charge >= 0.3 is 0 Å². The fourth-order valence-electron chi connectivity index (χ4n) is 1.40. The minimum Gasteiger partial charge on any atom is -0.323 e. The average molecular weight is 363 g/mol. The molecule has 4 N–H and O–H groups in total. The van der Waals surface area contributed by atoms with Crippen molar-refractivity contribution in [3.8, 4) is 0 Å². The molecule has 0 atom stereocenters. The number of aromatic nitrogens is 1. The summed E-state index contributed by atoms with van der Waals surface area (Å²) in [6.45, 7) is 0.220. The number of rotatable bonds is 5. The molecule has 0 aliphatic heterocycles. The summed E-state index contributed by atoms with van der Waals surface area (Å²) < 4.78 is 27.7. The number of halogens is 1. The maximum atomic E-state index is 12.1. The molecule has 2 aromatic heterocycles. The van der Waals surface area contributed by atoms with Crippen LogP contribution in [0.2, 0.25) is 0 Å². The predicted octanol–water partition coefficient (Wildman–Crippen LogP) is 1.67. The Balaban J connectivity index is 2.18. The Kier molecular flexibility index (Phi) is 4.53. The maximum absolute atomic E-state index is 12.1. The third-order valence-electron chi connectivity index (χ3n) is 2.29. The van der Waals surface area contributed by atoms with Crippen LogP contribution in [0.25, 0.3) is 0 Å². The van der Waals surface area contributed by atoms with Crippen LogP contribution in [0.5, 0.6) is 0 Å². The summed E-state index contributed by atoms with van der Waals surface area (Å²) in [5, 5.41) is 0. The summed E-state index contributed by atoms with van der Waals surface area (Å²) >= 11 is 4.79. The summed E-state index contributed by atoms with van der Waals surface area (Å²) in [4.78, 5) is 4.72. The standard InChI is InChI=1S/C10H11BrN4O2S2/c11-10-2-1-7(18-10)5-14-19(16,17)9-6-13-4-3-8(9)15-12/h1-4,6,14H,5,12H2,(H,13,15). The topological polar surface area (TPSA) is 97.1 Å². The number of sulfonamides is 1. The molecule has 0 aliphatic rings. The molecule has 0 amide bonds. The molecule has 0 saturated carbocycles. The van der Waals surface area contributed by atoms with Crippen molar-refractivity contribution >= 4 is 43.0 Å². The van der Waals surface area contributed by atoms with Crippen LogP contribution in [0.1, 0.15) is 4.88 Å². The summed E-state index contributed by atoms with van der Waals surface area (Å²) in [7, 11) is -3.66. The molecular formula is C10H11BrN4O2S2. The molecule has 0 aromatic carbocycles. The summed E-state index contributed by atoms with van der Waals surface area (Å²) in [6, 6.07) is 5.21. The van der Waals surface area contributed by atoms with Crippen LogP contribution in [-0.4, -0.2) is 13.4 Å². The van der Waals surface area contributed by atoms with E-state index in [4.69, 9.17) is 5.84 Å². The molecular weight excluding hydrogens is 352 g/mol. The van der Waals surface area contributed by atoms with Gasteiger partial charge in [0, 0.05) is 23.8 Å². The smallest absolute Gasteiger partial charge is 0.244 e. The zero-order valence-electron chi connectivity index (χ0n) is 9.63. The van der Waals surface area contributed by atoms with E-state index in [9.17, 15) is 8.42 Å². The van der Waals surface area contributed by atoms with Gasteiger partial charge in [-0.25, -0.2) is 13.1 Å². The molecule has 0 unspecified atom stereocenters. The van der Waals surface area contributed by atoms with Crippen molar-refractivity contribution in [1.82, 2.24) is 9.71 Å². The Labute approximate surface area is 123 Å². The van der Waals surface area contributed by atoms with E-state index in [2.05, 4.69) is 31.1 Å². The van der Waals surface area contributed by atoms with E-state index in [0.29, 0.717) is 5.69 Å². The molecule has 2 rings (SSSR count). The van der Waals surface area contributed by atoms with Crippen LogP contribution in [0.15, 0.2) is 39.3 Å². The number of hydrogen-bond acceptors (Lipinski definition) is 6. The summed E-state index contributed by atoms with van der Waals surface area (Å²) in [6.07, 6.45) is 2.71. The van der Waals surface area contributed by atoms with E-state index in [1.807, 2.05) is 12.1 Å². The van der Waals surface area contributed by atoms with Gasteiger partial charge in [0.1, 0.15) is 4.90 Å². The predicted molar refractivity (Wildman–Crippen MR) is 78.1 cm³/mol. The van der Waals surface area contributed by atoms with Crippen molar-refractivity contribution < 1.29 is 8.42 Å². The monoisotopic (exact) mass is 362 g/mol. The first-order chi connectivity index (χ1) is 9.03. The van der Waals surface area contributed by atoms with Crippen LogP contribution >= 0.6 is 27.3 Å². The van der Waals surface area contributed by atoms with Crippen molar-refractivity contribution in [2.45, 2.75) is 11.4 Å². The Morgan fingerprint density at radius 2 is 2.16 bits per heavy atom. The minimum absolute atomic E-state index is 0.0214. The highest BCUT2D eigenvalue weighted by Crippen LogP contribution is 2.23. The Morgan fingerprint density at radius 3 is 2.79 bits per heavy atom. The van der Waals surface area contributed by atoms with Gasteiger partial charge < -0.3 is 5.43 Å². The average Bonchev–Trinajstić information content (AvgIpc) is 2.82. The largest absolute Gasteiger partial charge is 0.323 e. The fourth-order valence-corrected chi connectivity index (χ4v) is 4.04. The number of nitrogens with one attached hydrogen (secondary N) is 2. The van der Waals surface area contributed by atoms with Gasteiger partial charge in [-0.05, 0) is 34.1 Å². The van der Waals surface area contributed by atoms with Gasteiger partial charge in [-0.1, -0.05) is 0 Å². The number of nitrogen functional groups attached to an aromatic ring is 1. The van der Waals surface area contributed by atoms with Gasteiger partial charge in [-0.15, -0.1) is 11.3 Å². The van der Waals surface area contributed by atoms with Crippen molar-refractivity contribution in [2.75, 3.05) is 5.43 Å². The lowest BCUT2D eigenvalue weighted by Gasteiger charge is -2.09. The van der Waals surface area contributed by atoms with Gasteiger partial charge in [-0.3, -0.25) is 10.8 Å². The number of hydrazine groups is 1. The van der Waals surface area contributed by atoms with Gasteiger partial charge in [-0.2, -0.15) is 0 Å². The van der Waals surface area contributed by atoms with Gasteiger partial charge in [0.05, 0.1) is 9.47 Å². The maximum Gasteiger partial charge on any atom is 0.244 e. The highest BCUT2D eigenvalue weighted by atomic mass is 79.9. The number of thiophene rings is 1. The number of hydrogen-bond donors (Lipinski definition) is 3. The Hall–Kier alpha value is -1.000. The van der Waals surface area contributed by atoms with Crippen LogP contribution in [0.3, 0.4) is 0 Å². The summed E-state index contributed by atoms with van der Waals surface area (Å²) in [5.41, 5.74) is 2.64. The zero-order chi connectivity index (χ0) is 13.9. The van der Waals surface area contributed by atoms with E-state index in [1.54, 1.807) is 0 Å². The second kappa shape index (κ2) is 5.97. The van der Waals surface area contributed by atoms with Crippen molar-refractivity contribution in [3.05, 3.63) is 39.3 Å². The van der Waals surface area contributed by atoms with E-state index in [-0.39, 0.29) is 11.4 Å². The van der Waals surface area contributed by atoms with E-state index >= 15 is 0 Å². The highest BCUT2D eigenvalue weighted by molar-refractivity contribution is 9.11. The van der Waals surface area contributed by atoms with E-state index in [1.165, 1.54) is 29.8 Å². The lowest BCUT2D eigenvalue weighted by Crippen LogP contribution is -2.24. The Morgan fingerprint density at radius 1 is 1.37 bits per heavy atom. The number of nitrogens with zero attached hydrogens (tertiary/aromatic N) is 1. The van der Waals surface area contributed by atoms with Gasteiger partial charge in [0.15, 0.2) is 0 Å². The van der Waals surface area contributed by atoms with Gasteiger partial charge in [0.2, 0.25) is 10.0 Å². The molecule has 102 valence electrons. The van der Waals surface area contributed by atoms with E-state index < -0.39 is 10.0 Å². The fraction of sp³-hybridized carbons (Fsp3) is 0.100. The molecule has 2 aromatic rings. The molecule has 6 nitrogen and oxygen atoms in total. The molecule has 9 heteroatoms. The molecule has 0 bridgehead atoms. The molecule has 0 aliphatic carbocycles. The first kappa shape index (κ1) is 14.4. The number of nitrogens with two attached hydrogens (primary N) is 1. The van der Waals surface area contributed by atoms with Crippen molar-refractivity contribution in [1.29, 1.82) is 0 Å². The van der Waals surface area contributed by atoms with Crippen LogP contribution in [0, 0.1) is 0 Å². The number of pyridine rings is 1. The summed E-state index contributed by atoms with van der Waals surface area (Å²) in [5.74, 6) is 5.28. The molecule has 0 saturated heterocycles.